The lowest BCUT2D eigenvalue weighted by atomic mass is 9.84. The largest absolute Gasteiger partial charge is 0.321 e. The van der Waals surface area contributed by atoms with Gasteiger partial charge in [0.15, 0.2) is 5.82 Å². The standard InChI is InChI=1S/C45H30N4/c1-2-16-34(17-3-1)49-39-21-10-11-28-48(39)43(44(49)45-46-26-12-27-47-45)42-37-20-9-8-19-36(37)40(33-23-22-30-13-4-5-15-32(30)29-33)41-35-18-7-6-14-31(35)24-25-38(41)42/h1-27,29H,28H2. The van der Waals surface area contributed by atoms with Crippen molar-refractivity contribution in [1.29, 1.82) is 0 Å². The van der Waals surface area contributed by atoms with E-state index in [4.69, 9.17) is 9.97 Å². The number of aromatic nitrogens is 2. The van der Waals surface area contributed by atoms with Gasteiger partial charge in [-0.25, -0.2) is 9.97 Å². The summed E-state index contributed by atoms with van der Waals surface area (Å²) in [6.07, 6.45) is 10.3. The smallest absolute Gasteiger partial charge is 0.178 e. The van der Waals surface area contributed by atoms with Crippen molar-refractivity contribution in [3.8, 4) is 11.1 Å². The molecular weight excluding hydrogens is 597 g/mol. The van der Waals surface area contributed by atoms with Crippen LogP contribution >= 0.6 is 0 Å². The minimum absolute atomic E-state index is 0.688. The molecule has 8 aromatic rings. The van der Waals surface area contributed by atoms with Gasteiger partial charge in [0.2, 0.25) is 0 Å². The quantitative estimate of drug-likeness (QED) is 0.144. The van der Waals surface area contributed by atoms with Gasteiger partial charge >= 0.3 is 0 Å². The summed E-state index contributed by atoms with van der Waals surface area (Å²) in [6, 6.07) is 50.3. The summed E-state index contributed by atoms with van der Waals surface area (Å²) in [5, 5.41) is 9.79. The van der Waals surface area contributed by atoms with Crippen LogP contribution in [0.2, 0.25) is 0 Å². The summed E-state index contributed by atoms with van der Waals surface area (Å²) in [6.45, 7) is 0.733. The lowest BCUT2D eigenvalue weighted by Crippen LogP contribution is -2.27. The molecule has 0 radical (unpaired) electrons. The van der Waals surface area contributed by atoms with Crippen LogP contribution in [0.3, 0.4) is 0 Å². The van der Waals surface area contributed by atoms with Crippen molar-refractivity contribution in [1.82, 2.24) is 14.9 Å². The lowest BCUT2D eigenvalue weighted by Gasteiger charge is -2.29. The van der Waals surface area contributed by atoms with Crippen LogP contribution in [0.15, 0.2) is 176 Å². The Kier molecular flexibility index (Phi) is 6.21. The molecule has 230 valence electrons. The van der Waals surface area contributed by atoms with Gasteiger partial charge in [0, 0.05) is 30.2 Å². The molecule has 0 fully saturated rings. The van der Waals surface area contributed by atoms with Crippen molar-refractivity contribution in [2.45, 2.75) is 0 Å². The van der Waals surface area contributed by atoms with Crippen LogP contribution in [0.25, 0.3) is 65.6 Å². The van der Waals surface area contributed by atoms with E-state index in [-0.39, 0.29) is 0 Å². The van der Waals surface area contributed by atoms with E-state index in [0.29, 0.717) is 5.82 Å². The van der Waals surface area contributed by atoms with Gasteiger partial charge < -0.3 is 4.90 Å². The number of nitrogens with zero attached hydrogens (tertiary/aromatic N) is 4. The molecule has 0 bridgehead atoms. The first-order valence-corrected chi connectivity index (χ1v) is 16.7. The molecule has 7 aromatic carbocycles. The second-order valence-electron chi connectivity index (χ2n) is 12.6. The van der Waals surface area contributed by atoms with E-state index in [1.54, 1.807) is 0 Å². The third-order valence-electron chi connectivity index (χ3n) is 9.87. The molecule has 0 aliphatic carbocycles. The van der Waals surface area contributed by atoms with Gasteiger partial charge in [-0.15, -0.1) is 0 Å². The fourth-order valence-corrected chi connectivity index (χ4v) is 7.82. The zero-order chi connectivity index (χ0) is 32.3. The number of para-hydroxylation sites is 1. The van der Waals surface area contributed by atoms with Crippen LogP contribution in [0.4, 0.5) is 5.69 Å². The lowest BCUT2D eigenvalue weighted by molar-refractivity contribution is 0.547. The number of hydrogen-bond donors (Lipinski definition) is 0. The van der Waals surface area contributed by atoms with E-state index in [9.17, 15) is 0 Å². The fraction of sp³-hybridized carbons (Fsp3) is 0.0222. The van der Waals surface area contributed by atoms with E-state index >= 15 is 0 Å². The zero-order valence-corrected chi connectivity index (χ0v) is 26.7. The monoisotopic (exact) mass is 626 g/mol. The molecule has 3 heterocycles. The van der Waals surface area contributed by atoms with Gasteiger partial charge in [-0.3, -0.25) is 4.90 Å². The van der Waals surface area contributed by atoms with Crippen LogP contribution in [0.1, 0.15) is 11.4 Å². The first-order valence-electron chi connectivity index (χ1n) is 16.7. The highest BCUT2D eigenvalue weighted by Gasteiger charge is 2.39. The Labute approximate surface area is 284 Å². The number of benzene rings is 7. The van der Waals surface area contributed by atoms with Gasteiger partial charge in [0.05, 0.1) is 5.70 Å². The summed E-state index contributed by atoms with van der Waals surface area (Å²) in [5.74, 6) is 1.77. The Hall–Kier alpha value is -6.52. The molecule has 0 saturated carbocycles. The van der Waals surface area contributed by atoms with Gasteiger partial charge in [-0.2, -0.15) is 0 Å². The van der Waals surface area contributed by atoms with Gasteiger partial charge in [-0.1, -0.05) is 127 Å². The normalized spacial score (nSPS) is 14.3. The Morgan fingerprint density at radius 3 is 2.00 bits per heavy atom. The Balaban J connectivity index is 1.40. The molecule has 0 N–H and O–H groups in total. The Bertz CT molecular complexity index is 2690. The summed E-state index contributed by atoms with van der Waals surface area (Å²) >= 11 is 0. The van der Waals surface area contributed by atoms with Crippen molar-refractivity contribution in [3.05, 3.63) is 187 Å². The highest BCUT2D eigenvalue weighted by atomic mass is 15.4. The molecule has 0 saturated heterocycles. The Morgan fingerprint density at radius 1 is 0.510 bits per heavy atom. The average Bonchev–Trinajstić information content (AvgIpc) is 3.52. The van der Waals surface area contributed by atoms with Crippen LogP contribution < -0.4 is 4.90 Å². The highest BCUT2D eigenvalue weighted by molar-refractivity contribution is 6.27. The molecule has 0 spiro atoms. The van der Waals surface area contributed by atoms with Gasteiger partial charge in [0.25, 0.3) is 0 Å². The van der Waals surface area contributed by atoms with Crippen molar-refractivity contribution < 1.29 is 0 Å². The third kappa shape index (κ3) is 4.24. The highest BCUT2D eigenvalue weighted by Crippen LogP contribution is 2.51. The molecule has 0 atom stereocenters. The van der Waals surface area contributed by atoms with Crippen LogP contribution in [-0.4, -0.2) is 21.4 Å². The van der Waals surface area contributed by atoms with E-state index in [1.807, 2.05) is 18.5 Å². The van der Waals surface area contributed by atoms with Crippen molar-refractivity contribution >= 4 is 60.2 Å². The van der Waals surface area contributed by atoms with Crippen LogP contribution in [0, 0.1) is 0 Å². The van der Waals surface area contributed by atoms with Gasteiger partial charge in [0.1, 0.15) is 11.5 Å². The van der Waals surface area contributed by atoms with E-state index in [2.05, 4.69) is 161 Å². The van der Waals surface area contributed by atoms with Gasteiger partial charge in [-0.05, 0) is 84.6 Å². The number of hydrogen-bond acceptors (Lipinski definition) is 4. The summed E-state index contributed by atoms with van der Waals surface area (Å²) < 4.78 is 0. The number of allylic oxidation sites excluding steroid dienone is 2. The summed E-state index contributed by atoms with van der Waals surface area (Å²) in [5.41, 5.74) is 6.79. The average molecular weight is 627 g/mol. The molecule has 1 aromatic heterocycles. The minimum atomic E-state index is 0.688. The van der Waals surface area contributed by atoms with E-state index in [0.717, 1.165) is 29.4 Å². The number of rotatable bonds is 4. The molecule has 49 heavy (non-hydrogen) atoms. The van der Waals surface area contributed by atoms with Crippen molar-refractivity contribution in [2.75, 3.05) is 11.4 Å². The van der Waals surface area contributed by atoms with Crippen molar-refractivity contribution in [2.24, 2.45) is 0 Å². The molecule has 0 unspecified atom stereocenters. The molecule has 2 aliphatic rings. The second-order valence-corrected chi connectivity index (χ2v) is 12.6. The van der Waals surface area contributed by atoms with E-state index in [1.165, 1.54) is 59.8 Å². The van der Waals surface area contributed by atoms with Crippen LogP contribution in [0.5, 0.6) is 0 Å². The fourth-order valence-electron chi connectivity index (χ4n) is 7.82. The molecule has 4 heteroatoms. The third-order valence-corrected chi connectivity index (χ3v) is 9.87. The maximum absolute atomic E-state index is 4.89. The minimum Gasteiger partial charge on any atom is -0.321 e. The van der Waals surface area contributed by atoms with Crippen LogP contribution in [-0.2, 0) is 0 Å². The number of anilines is 1. The predicted octanol–water partition coefficient (Wildman–Crippen LogP) is 10.8. The molecule has 10 rings (SSSR count). The summed E-state index contributed by atoms with van der Waals surface area (Å²) in [7, 11) is 0. The topological polar surface area (TPSA) is 32.3 Å². The Morgan fingerprint density at radius 2 is 1.18 bits per heavy atom. The molecular formula is C45H30N4. The second kappa shape index (κ2) is 11.0. The predicted molar refractivity (Wildman–Crippen MR) is 204 cm³/mol. The molecule has 2 aliphatic heterocycles. The maximum Gasteiger partial charge on any atom is 0.178 e. The molecule has 4 nitrogen and oxygen atoms in total. The first kappa shape index (κ1) is 27.6. The number of fused-ring (bicyclic) bond motifs is 6. The first-order chi connectivity index (χ1) is 24.3. The summed E-state index contributed by atoms with van der Waals surface area (Å²) in [4.78, 5) is 14.5. The maximum atomic E-state index is 4.89. The van der Waals surface area contributed by atoms with Crippen molar-refractivity contribution in [3.63, 3.8) is 0 Å². The zero-order valence-electron chi connectivity index (χ0n) is 26.7. The van der Waals surface area contributed by atoms with E-state index < -0.39 is 0 Å². The SMILES string of the molecule is C1=CCN2C(=C1)N(c1ccccc1)C(c1ncccn1)=C2c1c2ccccc2c(-c2ccc3ccccc3c2)c2c1ccc1ccccc12. The molecule has 0 amide bonds.